The van der Waals surface area contributed by atoms with Gasteiger partial charge in [-0.2, -0.15) is 13.2 Å². The number of nitrogens with two attached hydrogens (primary N) is 1. The number of rotatable bonds is 3. The monoisotopic (exact) mass is 364 g/mol. The van der Waals surface area contributed by atoms with Gasteiger partial charge in [0.25, 0.3) is 0 Å². The molecule has 2 aromatic rings. The molecular formula is C13H12BrF3N2S. The van der Waals surface area contributed by atoms with Gasteiger partial charge in [-0.25, -0.2) is 4.98 Å². The highest BCUT2D eigenvalue weighted by molar-refractivity contribution is 9.10. The molecule has 0 saturated carbocycles. The van der Waals surface area contributed by atoms with Crippen LogP contribution in [0.3, 0.4) is 0 Å². The van der Waals surface area contributed by atoms with Crippen molar-refractivity contribution in [3.63, 3.8) is 0 Å². The Bertz CT molecular complexity index is 610. The number of hydrogen-bond acceptors (Lipinski definition) is 3. The highest BCUT2D eigenvalue weighted by Gasteiger charge is 2.33. The molecule has 1 unspecified atom stereocenters. The van der Waals surface area contributed by atoms with E-state index in [-0.39, 0.29) is 4.47 Å². The molecule has 0 aliphatic rings. The molecule has 1 aromatic carbocycles. The van der Waals surface area contributed by atoms with Gasteiger partial charge in [0.05, 0.1) is 16.3 Å². The fourth-order valence-corrected chi connectivity index (χ4v) is 2.93. The first-order valence-corrected chi connectivity index (χ1v) is 7.48. The Morgan fingerprint density at radius 2 is 2.10 bits per heavy atom. The lowest BCUT2D eigenvalue weighted by Crippen LogP contribution is -2.15. The van der Waals surface area contributed by atoms with Gasteiger partial charge in [-0.3, -0.25) is 0 Å². The summed E-state index contributed by atoms with van der Waals surface area (Å²) in [5.41, 5.74) is 6.52. The Balaban J connectivity index is 2.24. The van der Waals surface area contributed by atoms with Crippen molar-refractivity contribution >= 4 is 27.3 Å². The van der Waals surface area contributed by atoms with Crippen LogP contribution in [0.25, 0.3) is 0 Å². The Labute approximate surface area is 127 Å². The summed E-state index contributed by atoms with van der Waals surface area (Å²) < 4.78 is 38.5. The molecule has 20 heavy (non-hydrogen) atoms. The Morgan fingerprint density at radius 1 is 1.40 bits per heavy atom. The van der Waals surface area contributed by atoms with Crippen LogP contribution in [-0.2, 0) is 12.6 Å². The summed E-state index contributed by atoms with van der Waals surface area (Å²) in [4.78, 5) is 4.27. The first kappa shape index (κ1) is 15.5. The summed E-state index contributed by atoms with van der Waals surface area (Å²) in [5.74, 6) is 0. The average Bonchev–Trinajstić information content (AvgIpc) is 2.73. The first-order chi connectivity index (χ1) is 9.27. The highest BCUT2D eigenvalue weighted by atomic mass is 79.9. The first-order valence-electron chi connectivity index (χ1n) is 5.80. The molecule has 0 spiro atoms. The van der Waals surface area contributed by atoms with Crippen LogP contribution in [0.5, 0.6) is 0 Å². The van der Waals surface area contributed by atoms with Gasteiger partial charge in [-0.1, -0.05) is 22.0 Å². The van der Waals surface area contributed by atoms with E-state index in [1.54, 1.807) is 6.07 Å². The minimum Gasteiger partial charge on any atom is -0.324 e. The van der Waals surface area contributed by atoms with Crippen molar-refractivity contribution in [3.05, 3.63) is 49.9 Å². The van der Waals surface area contributed by atoms with E-state index in [0.29, 0.717) is 12.0 Å². The van der Waals surface area contributed by atoms with Gasteiger partial charge < -0.3 is 5.73 Å². The molecule has 0 fully saturated rings. The molecule has 108 valence electrons. The highest BCUT2D eigenvalue weighted by Crippen LogP contribution is 2.36. The van der Waals surface area contributed by atoms with E-state index in [1.165, 1.54) is 17.4 Å². The van der Waals surface area contributed by atoms with Crippen LogP contribution in [0, 0.1) is 6.92 Å². The fraction of sp³-hybridized carbons (Fsp3) is 0.308. The molecule has 1 heterocycles. The number of alkyl halides is 3. The van der Waals surface area contributed by atoms with Crippen LogP contribution >= 0.6 is 27.3 Å². The number of aromatic nitrogens is 1. The van der Waals surface area contributed by atoms with Crippen LogP contribution in [0.1, 0.15) is 27.9 Å². The van der Waals surface area contributed by atoms with E-state index in [2.05, 4.69) is 20.9 Å². The summed E-state index contributed by atoms with van der Waals surface area (Å²) in [6.45, 7) is 1.88. The van der Waals surface area contributed by atoms with Crippen LogP contribution in [0.15, 0.2) is 28.1 Å². The van der Waals surface area contributed by atoms with Crippen molar-refractivity contribution in [3.8, 4) is 0 Å². The molecule has 0 saturated heterocycles. The van der Waals surface area contributed by atoms with E-state index < -0.39 is 17.8 Å². The summed E-state index contributed by atoms with van der Waals surface area (Å²) in [5, 5.41) is 2.79. The lowest BCUT2D eigenvalue weighted by atomic mass is 10.0. The molecule has 0 amide bonds. The second-order valence-electron chi connectivity index (χ2n) is 4.41. The van der Waals surface area contributed by atoms with Gasteiger partial charge in [0, 0.05) is 22.3 Å². The maximum Gasteiger partial charge on any atom is 0.417 e. The number of halogens is 4. The van der Waals surface area contributed by atoms with Crippen molar-refractivity contribution < 1.29 is 13.2 Å². The van der Waals surface area contributed by atoms with E-state index in [4.69, 9.17) is 5.73 Å². The van der Waals surface area contributed by atoms with E-state index in [0.717, 1.165) is 16.8 Å². The number of thiazole rings is 1. The van der Waals surface area contributed by atoms with Gasteiger partial charge in [-0.05, 0) is 24.6 Å². The molecule has 2 rings (SSSR count). The predicted octanol–water partition coefficient (Wildman–Crippen LogP) is 4.48. The maximum absolute atomic E-state index is 12.8. The third-order valence-electron chi connectivity index (χ3n) is 2.82. The minimum atomic E-state index is -4.40. The zero-order valence-electron chi connectivity index (χ0n) is 10.5. The van der Waals surface area contributed by atoms with Gasteiger partial charge in [0.2, 0.25) is 0 Å². The van der Waals surface area contributed by atoms with E-state index >= 15 is 0 Å². The number of benzene rings is 1. The van der Waals surface area contributed by atoms with Crippen molar-refractivity contribution in [2.45, 2.75) is 25.6 Å². The van der Waals surface area contributed by atoms with Crippen molar-refractivity contribution in [2.75, 3.05) is 0 Å². The molecule has 0 aliphatic carbocycles. The summed E-state index contributed by atoms with van der Waals surface area (Å²) in [6, 6.07) is 3.56. The second kappa shape index (κ2) is 5.83. The van der Waals surface area contributed by atoms with Gasteiger partial charge in [0.1, 0.15) is 0 Å². The molecule has 1 aromatic heterocycles. The van der Waals surface area contributed by atoms with Crippen molar-refractivity contribution in [1.82, 2.24) is 4.98 Å². The molecular weight excluding hydrogens is 353 g/mol. The zero-order chi connectivity index (χ0) is 14.9. The predicted molar refractivity (Wildman–Crippen MR) is 76.6 cm³/mol. The molecule has 7 heteroatoms. The SMILES string of the molecule is Cc1nc(CC(N)c2ccc(Br)c(C(F)(F)F)c2)cs1. The Hall–Kier alpha value is -0.920. The summed E-state index contributed by atoms with van der Waals surface area (Å²) >= 11 is 4.41. The van der Waals surface area contributed by atoms with Crippen molar-refractivity contribution in [1.29, 1.82) is 0 Å². The average molecular weight is 365 g/mol. The fourth-order valence-electron chi connectivity index (χ4n) is 1.84. The van der Waals surface area contributed by atoms with Gasteiger partial charge >= 0.3 is 6.18 Å². The lowest BCUT2D eigenvalue weighted by molar-refractivity contribution is -0.138. The van der Waals surface area contributed by atoms with Gasteiger partial charge in [0.15, 0.2) is 0 Å². The molecule has 0 bridgehead atoms. The molecule has 2 N–H and O–H groups in total. The second-order valence-corrected chi connectivity index (χ2v) is 6.32. The molecule has 1 atom stereocenters. The standard InChI is InChI=1S/C13H12BrF3N2S/c1-7-19-9(6-20-7)5-12(18)8-2-3-11(14)10(4-8)13(15,16)17/h2-4,6,12H,5,18H2,1H3. The van der Waals surface area contributed by atoms with E-state index in [1.807, 2.05) is 12.3 Å². The van der Waals surface area contributed by atoms with Crippen LogP contribution in [-0.4, -0.2) is 4.98 Å². The molecule has 0 aliphatic heterocycles. The third kappa shape index (κ3) is 3.59. The number of hydrogen-bond donors (Lipinski definition) is 1. The minimum absolute atomic E-state index is 0.0189. The third-order valence-corrected chi connectivity index (χ3v) is 4.33. The maximum atomic E-state index is 12.8. The molecule has 2 nitrogen and oxygen atoms in total. The smallest absolute Gasteiger partial charge is 0.324 e. The Kier molecular flexibility index (Phi) is 4.51. The number of nitrogens with zero attached hydrogens (tertiary/aromatic N) is 1. The quantitative estimate of drug-likeness (QED) is 0.872. The van der Waals surface area contributed by atoms with Gasteiger partial charge in [-0.15, -0.1) is 11.3 Å². The topological polar surface area (TPSA) is 38.9 Å². The largest absolute Gasteiger partial charge is 0.417 e. The van der Waals surface area contributed by atoms with Crippen LogP contribution in [0.4, 0.5) is 13.2 Å². The number of aryl methyl sites for hydroxylation is 1. The zero-order valence-corrected chi connectivity index (χ0v) is 12.9. The van der Waals surface area contributed by atoms with E-state index in [9.17, 15) is 13.2 Å². The van der Waals surface area contributed by atoms with Crippen molar-refractivity contribution in [2.24, 2.45) is 5.73 Å². The summed E-state index contributed by atoms with van der Waals surface area (Å²) in [6.07, 6.45) is -3.98. The normalized spacial score (nSPS) is 13.5. The van der Waals surface area contributed by atoms with Crippen LogP contribution in [0.2, 0.25) is 0 Å². The molecule has 0 radical (unpaired) electrons. The summed E-state index contributed by atoms with van der Waals surface area (Å²) in [7, 11) is 0. The lowest BCUT2D eigenvalue weighted by Gasteiger charge is -2.15. The van der Waals surface area contributed by atoms with Crippen LogP contribution < -0.4 is 5.73 Å². The Morgan fingerprint density at radius 3 is 2.65 bits per heavy atom.